The first kappa shape index (κ1) is 38.8. The topological polar surface area (TPSA) is 114 Å². The number of rotatable bonds is 24. The maximum Gasteiger partial charge on any atom is 0.245 e. The molecule has 3 heterocycles. The highest BCUT2D eigenvalue weighted by Crippen LogP contribution is 2.31. The summed E-state index contributed by atoms with van der Waals surface area (Å²) in [5, 5.41) is 5.84. The second-order valence-electron chi connectivity index (χ2n) is 14.5. The molecule has 1 aliphatic rings. The SMILES string of the molecule is CCCCCCCCCCCCCCCCCc1noc(C(CC(C)C)N(C)S(=O)(=O)c2ccc(CC3(C)N=c4ccncc4=N3)cc2)n1. The molecule has 0 fully saturated rings. The predicted octanol–water partition coefficient (Wildman–Crippen LogP) is 8.50. The van der Waals surface area contributed by atoms with Gasteiger partial charge in [0.05, 0.1) is 16.4 Å². The lowest BCUT2D eigenvalue weighted by Gasteiger charge is -2.26. The first-order valence-electron chi connectivity index (χ1n) is 18.9. The Morgan fingerprint density at radius 1 is 0.796 bits per heavy atom. The Kier molecular flexibility index (Phi) is 15.4. The van der Waals surface area contributed by atoms with Gasteiger partial charge >= 0.3 is 0 Å². The molecule has 49 heavy (non-hydrogen) atoms. The second-order valence-corrected chi connectivity index (χ2v) is 16.5. The summed E-state index contributed by atoms with van der Waals surface area (Å²) in [6.45, 7) is 8.39. The van der Waals surface area contributed by atoms with E-state index < -0.39 is 21.7 Å². The zero-order chi connectivity index (χ0) is 35.1. The van der Waals surface area contributed by atoms with Crippen LogP contribution in [0.25, 0.3) is 0 Å². The van der Waals surface area contributed by atoms with Crippen LogP contribution >= 0.6 is 0 Å². The van der Waals surface area contributed by atoms with Crippen LogP contribution in [-0.4, -0.2) is 40.6 Å². The minimum absolute atomic E-state index is 0.225. The van der Waals surface area contributed by atoms with Crippen molar-refractivity contribution >= 4 is 10.0 Å². The molecule has 2 unspecified atom stereocenters. The van der Waals surface area contributed by atoms with Crippen LogP contribution in [0.2, 0.25) is 0 Å². The second kappa shape index (κ2) is 19.4. The summed E-state index contributed by atoms with van der Waals surface area (Å²) < 4.78 is 34.7. The molecule has 0 amide bonds. The lowest BCUT2D eigenvalue weighted by atomic mass is 10.0. The largest absolute Gasteiger partial charge is 0.338 e. The average molecular weight is 693 g/mol. The maximum atomic E-state index is 13.8. The molecular weight excluding hydrogens is 633 g/mol. The monoisotopic (exact) mass is 692 g/mol. The van der Waals surface area contributed by atoms with E-state index in [1.54, 1.807) is 31.6 Å². The predicted molar refractivity (Wildman–Crippen MR) is 195 cm³/mol. The van der Waals surface area contributed by atoms with Crippen molar-refractivity contribution in [2.45, 2.75) is 160 Å². The van der Waals surface area contributed by atoms with Gasteiger partial charge in [-0.2, -0.15) is 9.29 Å². The fourth-order valence-corrected chi connectivity index (χ4v) is 8.02. The standard InChI is InChI=1S/C39H60N6O3S/c1-6-7-8-9-10-11-12-13-14-15-16-17-18-19-20-21-37-41-38(48-44-37)36(28-31(2)3)45(5)49(46,47)33-24-22-32(23-25-33)29-39(4)42-34-26-27-40-30-35(34)43-39/h22-27,30-31,36H,6-21,28-29H2,1-5H3. The number of hydrogen-bond acceptors (Lipinski definition) is 8. The molecule has 0 N–H and O–H groups in total. The van der Waals surface area contributed by atoms with Gasteiger partial charge in [0, 0.05) is 26.1 Å². The van der Waals surface area contributed by atoms with E-state index in [0.717, 1.165) is 35.5 Å². The third-order valence-corrected chi connectivity index (χ3v) is 11.4. The molecular formula is C39H60N6O3S. The highest BCUT2D eigenvalue weighted by atomic mass is 32.2. The van der Waals surface area contributed by atoms with Crippen molar-refractivity contribution in [3.63, 3.8) is 0 Å². The third kappa shape index (κ3) is 12.1. The van der Waals surface area contributed by atoms with Crippen LogP contribution in [0, 0.1) is 5.92 Å². The van der Waals surface area contributed by atoms with Crippen molar-refractivity contribution < 1.29 is 12.9 Å². The Labute approximate surface area is 295 Å². The van der Waals surface area contributed by atoms with Gasteiger partial charge in [-0.1, -0.05) is 128 Å². The van der Waals surface area contributed by atoms with E-state index in [9.17, 15) is 8.42 Å². The average Bonchev–Trinajstić information content (AvgIpc) is 3.68. The Balaban J connectivity index is 1.22. The van der Waals surface area contributed by atoms with Crippen molar-refractivity contribution in [2.24, 2.45) is 15.9 Å². The van der Waals surface area contributed by atoms with Crippen molar-refractivity contribution in [1.82, 2.24) is 19.4 Å². The van der Waals surface area contributed by atoms with Crippen LogP contribution in [0.1, 0.15) is 154 Å². The summed E-state index contributed by atoms with van der Waals surface area (Å²) in [5.41, 5.74) is 0.309. The zero-order valence-corrected chi connectivity index (χ0v) is 31.6. The number of hydrogen-bond donors (Lipinski definition) is 0. The molecule has 10 heteroatoms. The first-order chi connectivity index (χ1) is 23.6. The molecule has 1 aromatic carbocycles. The fourth-order valence-electron chi connectivity index (χ4n) is 6.69. The van der Waals surface area contributed by atoms with E-state index in [1.165, 1.54) is 87.8 Å². The number of aromatic nitrogens is 3. The molecule has 0 aliphatic carbocycles. The fraction of sp³-hybridized carbons (Fsp3) is 0.667. The number of benzene rings is 1. The zero-order valence-electron chi connectivity index (χ0n) is 30.7. The van der Waals surface area contributed by atoms with Crippen molar-refractivity contribution in [2.75, 3.05) is 7.05 Å². The smallest absolute Gasteiger partial charge is 0.245 e. The van der Waals surface area contributed by atoms with E-state index in [1.807, 2.05) is 25.1 Å². The lowest BCUT2D eigenvalue weighted by Crippen LogP contribution is -2.32. The quantitative estimate of drug-likeness (QED) is 0.0870. The highest BCUT2D eigenvalue weighted by molar-refractivity contribution is 7.89. The number of sulfonamides is 1. The molecule has 1 aliphatic heterocycles. The van der Waals surface area contributed by atoms with Crippen LogP contribution in [-0.2, 0) is 22.9 Å². The van der Waals surface area contributed by atoms with Crippen LogP contribution in [0.4, 0.5) is 0 Å². The normalized spacial score (nSPS) is 16.6. The van der Waals surface area contributed by atoms with E-state index in [-0.39, 0.29) is 10.8 Å². The minimum atomic E-state index is -3.82. The van der Waals surface area contributed by atoms with Crippen LogP contribution in [0.5, 0.6) is 0 Å². The first-order valence-corrected chi connectivity index (χ1v) is 20.3. The Morgan fingerprint density at radius 2 is 1.37 bits per heavy atom. The molecule has 2 aromatic heterocycles. The maximum absolute atomic E-state index is 13.8. The van der Waals surface area contributed by atoms with Gasteiger partial charge in [0.15, 0.2) is 11.5 Å². The number of nitrogens with zero attached hydrogens (tertiary/aromatic N) is 6. The molecule has 9 nitrogen and oxygen atoms in total. The molecule has 0 bridgehead atoms. The summed E-state index contributed by atoms with van der Waals surface area (Å²) in [6.07, 6.45) is 25.1. The van der Waals surface area contributed by atoms with E-state index in [4.69, 9.17) is 14.5 Å². The molecule has 0 saturated heterocycles. The van der Waals surface area contributed by atoms with Gasteiger partial charge < -0.3 is 4.52 Å². The van der Waals surface area contributed by atoms with Crippen LogP contribution < -0.4 is 10.7 Å². The van der Waals surface area contributed by atoms with Gasteiger partial charge in [-0.05, 0) is 49.4 Å². The molecule has 3 aromatic rings. The minimum Gasteiger partial charge on any atom is -0.338 e. The lowest BCUT2D eigenvalue weighted by molar-refractivity contribution is 0.247. The number of unbranched alkanes of at least 4 members (excludes halogenated alkanes) is 14. The van der Waals surface area contributed by atoms with Gasteiger partial charge in [-0.25, -0.2) is 8.42 Å². The van der Waals surface area contributed by atoms with Gasteiger partial charge in [0.2, 0.25) is 15.9 Å². The third-order valence-electron chi connectivity index (χ3n) is 9.55. The Morgan fingerprint density at radius 3 is 1.94 bits per heavy atom. The summed E-state index contributed by atoms with van der Waals surface area (Å²) in [4.78, 5) is 18.6. The molecule has 2 atom stereocenters. The Hall–Kier alpha value is -2.98. The van der Waals surface area contributed by atoms with E-state index in [0.29, 0.717) is 24.6 Å². The number of pyridine rings is 1. The number of aryl methyl sites for hydroxylation is 1. The van der Waals surface area contributed by atoms with E-state index >= 15 is 0 Å². The van der Waals surface area contributed by atoms with Crippen molar-refractivity contribution in [3.8, 4) is 0 Å². The van der Waals surface area contributed by atoms with Crippen LogP contribution in [0.15, 0.2) is 62.1 Å². The molecule has 0 saturated carbocycles. The molecule has 0 radical (unpaired) electrons. The number of fused-ring (bicyclic) bond motifs is 1. The summed E-state index contributed by atoms with van der Waals surface area (Å²) in [7, 11) is -2.21. The van der Waals surface area contributed by atoms with E-state index in [2.05, 4.69) is 35.9 Å². The summed E-state index contributed by atoms with van der Waals surface area (Å²) in [5.74, 6) is 1.25. The van der Waals surface area contributed by atoms with Gasteiger partial charge in [0.1, 0.15) is 11.4 Å². The molecule has 270 valence electrons. The highest BCUT2D eigenvalue weighted by Gasteiger charge is 2.34. The van der Waals surface area contributed by atoms with Gasteiger partial charge in [0.25, 0.3) is 0 Å². The summed E-state index contributed by atoms with van der Waals surface area (Å²) >= 11 is 0. The van der Waals surface area contributed by atoms with Crippen molar-refractivity contribution in [1.29, 1.82) is 0 Å². The Bertz CT molecular complexity index is 1600. The van der Waals surface area contributed by atoms with Gasteiger partial charge in [-0.3, -0.25) is 15.0 Å². The van der Waals surface area contributed by atoms with Crippen LogP contribution in [0.3, 0.4) is 0 Å². The molecule has 4 rings (SSSR count). The molecule has 0 spiro atoms. The summed E-state index contributed by atoms with van der Waals surface area (Å²) in [6, 6.07) is 8.33. The van der Waals surface area contributed by atoms with Crippen molar-refractivity contribution in [3.05, 3.63) is 70.7 Å². The van der Waals surface area contributed by atoms with Gasteiger partial charge in [-0.15, -0.1) is 0 Å².